The molecule has 0 unspecified atom stereocenters. The van der Waals surface area contributed by atoms with Crippen LogP contribution in [0, 0.1) is 15.9 Å². The van der Waals surface area contributed by atoms with E-state index in [0.717, 1.165) is 45.2 Å². The molecule has 110 valence electrons. The van der Waals surface area contributed by atoms with E-state index in [0.29, 0.717) is 12.2 Å². The SMILES string of the molecule is O=[N+]([O-])c1cc(F)cc(NCCCN2CCNCC2)c1. The second-order valence-electron chi connectivity index (χ2n) is 4.83. The lowest BCUT2D eigenvalue weighted by Gasteiger charge is -2.27. The van der Waals surface area contributed by atoms with Crippen molar-refractivity contribution in [2.75, 3.05) is 44.6 Å². The summed E-state index contributed by atoms with van der Waals surface area (Å²) in [7, 11) is 0. The number of halogens is 1. The average molecular weight is 282 g/mol. The van der Waals surface area contributed by atoms with Gasteiger partial charge in [-0.15, -0.1) is 0 Å². The van der Waals surface area contributed by atoms with Crippen LogP contribution >= 0.6 is 0 Å². The van der Waals surface area contributed by atoms with E-state index in [1.54, 1.807) is 0 Å². The molecule has 0 radical (unpaired) electrons. The summed E-state index contributed by atoms with van der Waals surface area (Å²) < 4.78 is 13.2. The minimum atomic E-state index is -0.594. The molecule has 0 saturated carbocycles. The van der Waals surface area contributed by atoms with Crippen LogP contribution < -0.4 is 10.6 Å². The Kier molecular flexibility index (Phi) is 5.25. The Balaban J connectivity index is 1.77. The maximum Gasteiger partial charge on any atom is 0.274 e. The highest BCUT2D eigenvalue weighted by atomic mass is 19.1. The minimum Gasteiger partial charge on any atom is -0.385 e. The quantitative estimate of drug-likeness (QED) is 0.469. The Labute approximate surface area is 117 Å². The van der Waals surface area contributed by atoms with Crippen LogP contribution in [0.2, 0.25) is 0 Å². The minimum absolute atomic E-state index is 0.227. The zero-order valence-electron chi connectivity index (χ0n) is 11.3. The highest BCUT2D eigenvalue weighted by Crippen LogP contribution is 2.19. The third-order valence-corrected chi connectivity index (χ3v) is 3.28. The topological polar surface area (TPSA) is 70.4 Å². The summed E-state index contributed by atoms with van der Waals surface area (Å²) in [5.41, 5.74) is 0.228. The summed E-state index contributed by atoms with van der Waals surface area (Å²) in [6, 6.07) is 3.55. The standard InChI is InChI=1S/C13H19FN4O2/c14-11-8-12(10-13(9-11)18(19)20)16-2-1-5-17-6-3-15-4-7-17/h8-10,15-16H,1-7H2. The van der Waals surface area contributed by atoms with Crippen LogP contribution in [0.15, 0.2) is 18.2 Å². The molecule has 1 aliphatic rings. The van der Waals surface area contributed by atoms with Crippen molar-refractivity contribution >= 4 is 11.4 Å². The summed E-state index contributed by atoms with van der Waals surface area (Å²) in [6.07, 6.45) is 0.921. The predicted octanol–water partition coefficient (Wildman–Crippen LogP) is 1.44. The Bertz CT molecular complexity index is 464. The summed E-state index contributed by atoms with van der Waals surface area (Å²) >= 11 is 0. The molecule has 0 atom stereocenters. The molecule has 1 aromatic rings. The second kappa shape index (κ2) is 7.16. The normalized spacial score (nSPS) is 16.1. The van der Waals surface area contributed by atoms with E-state index in [1.165, 1.54) is 12.1 Å². The molecule has 0 spiro atoms. The third kappa shape index (κ3) is 4.43. The first-order valence-corrected chi connectivity index (χ1v) is 6.77. The highest BCUT2D eigenvalue weighted by molar-refractivity contribution is 5.51. The fraction of sp³-hybridized carbons (Fsp3) is 0.538. The molecular weight excluding hydrogens is 263 g/mol. The molecule has 6 nitrogen and oxygen atoms in total. The molecule has 1 saturated heterocycles. The highest BCUT2D eigenvalue weighted by Gasteiger charge is 2.10. The van der Waals surface area contributed by atoms with Gasteiger partial charge in [0, 0.05) is 44.5 Å². The number of nitro groups is 1. The van der Waals surface area contributed by atoms with Crippen LogP contribution in [0.4, 0.5) is 15.8 Å². The molecule has 2 N–H and O–H groups in total. The van der Waals surface area contributed by atoms with Crippen molar-refractivity contribution in [3.8, 4) is 0 Å². The van der Waals surface area contributed by atoms with E-state index in [9.17, 15) is 14.5 Å². The van der Waals surface area contributed by atoms with Crippen LogP contribution in [0.5, 0.6) is 0 Å². The largest absolute Gasteiger partial charge is 0.385 e. The number of hydrogen-bond donors (Lipinski definition) is 2. The van der Waals surface area contributed by atoms with E-state index >= 15 is 0 Å². The first-order chi connectivity index (χ1) is 9.65. The van der Waals surface area contributed by atoms with Crippen LogP contribution in [-0.2, 0) is 0 Å². The Morgan fingerprint density at radius 1 is 1.35 bits per heavy atom. The zero-order valence-corrected chi connectivity index (χ0v) is 11.3. The summed E-state index contributed by atoms with van der Waals surface area (Å²) in [5, 5.41) is 17.0. The van der Waals surface area contributed by atoms with Crippen LogP contribution in [0.1, 0.15) is 6.42 Å². The smallest absolute Gasteiger partial charge is 0.274 e. The number of hydrogen-bond acceptors (Lipinski definition) is 5. The lowest BCUT2D eigenvalue weighted by atomic mass is 10.2. The van der Waals surface area contributed by atoms with Gasteiger partial charge in [-0.05, 0) is 19.0 Å². The number of rotatable bonds is 6. The van der Waals surface area contributed by atoms with Crippen LogP contribution in [-0.4, -0.2) is 49.1 Å². The number of nitro benzene ring substituents is 1. The van der Waals surface area contributed by atoms with Gasteiger partial charge in [-0.25, -0.2) is 4.39 Å². The van der Waals surface area contributed by atoms with Gasteiger partial charge in [-0.1, -0.05) is 0 Å². The monoisotopic (exact) mass is 282 g/mol. The van der Waals surface area contributed by atoms with Crippen molar-refractivity contribution in [1.82, 2.24) is 10.2 Å². The molecule has 0 aliphatic carbocycles. The van der Waals surface area contributed by atoms with Gasteiger partial charge in [-0.2, -0.15) is 0 Å². The third-order valence-electron chi connectivity index (χ3n) is 3.28. The van der Waals surface area contributed by atoms with Gasteiger partial charge in [0.1, 0.15) is 5.82 Å². The summed E-state index contributed by atoms with van der Waals surface area (Å²) in [5.74, 6) is -0.594. The summed E-state index contributed by atoms with van der Waals surface area (Å²) in [6.45, 7) is 5.78. The van der Waals surface area contributed by atoms with E-state index in [-0.39, 0.29) is 5.69 Å². The fourth-order valence-electron chi connectivity index (χ4n) is 2.25. The van der Waals surface area contributed by atoms with Gasteiger partial charge in [0.15, 0.2) is 0 Å². The predicted molar refractivity (Wildman–Crippen MR) is 75.5 cm³/mol. The van der Waals surface area contributed by atoms with Gasteiger partial charge in [0.05, 0.1) is 11.0 Å². The van der Waals surface area contributed by atoms with Gasteiger partial charge < -0.3 is 15.5 Å². The van der Waals surface area contributed by atoms with Crippen molar-refractivity contribution in [1.29, 1.82) is 0 Å². The Hall–Kier alpha value is -1.73. The van der Waals surface area contributed by atoms with Crippen molar-refractivity contribution in [3.63, 3.8) is 0 Å². The average Bonchev–Trinajstić information content (AvgIpc) is 2.44. The molecule has 0 aromatic heterocycles. The number of anilines is 1. The molecule has 0 amide bonds. The number of benzene rings is 1. The van der Waals surface area contributed by atoms with Crippen molar-refractivity contribution in [2.24, 2.45) is 0 Å². The van der Waals surface area contributed by atoms with E-state index in [4.69, 9.17) is 0 Å². The number of nitrogens with zero attached hydrogens (tertiary/aromatic N) is 2. The zero-order chi connectivity index (χ0) is 14.4. The second-order valence-corrected chi connectivity index (χ2v) is 4.83. The van der Waals surface area contributed by atoms with Gasteiger partial charge in [-0.3, -0.25) is 10.1 Å². The lowest BCUT2D eigenvalue weighted by molar-refractivity contribution is -0.385. The van der Waals surface area contributed by atoms with Gasteiger partial charge in [0.2, 0.25) is 0 Å². The number of non-ortho nitro benzene ring substituents is 1. The van der Waals surface area contributed by atoms with Crippen molar-refractivity contribution in [3.05, 3.63) is 34.1 Å². The Morgan fingerprint density at radius 2 is 2.10 bits per heavy atom. The van der Waals surface area contributed by atoms with Crippen LogP contribution in [0.3, 0.4) is 0 Å². The van der Waals surface area contributed by atoms with E-state index in [1.807, 2.05) is 0 Å². The molecule has 1 fully saturated rings. The molecule has 1 aliphatic heterocycles. The molecule has 1 heterocycles. The lowest BCUT2D eigenvalue weighted by Crippen LogP contribution is -2.44. The van der Waals surface area contributed by atoms with Gasteiger partial charge in [0.25, 0.3) is 5.69 Å². The number of nitrogens with one attached hydrogen (secondary N) is 2. The first-order valence-electron chi connectivity index (χ1n) is 6.77. The molecule has 2 rings (SSSR count). The van der Waals surface area contributed by atoms with E-state index < -0.39 is 10.7 Å². The van der Waals surface area contributed by atoms with Crippen molar-refractivity contribution in [2.45, 2.75) is 6.42 Å². The molecule has 7 heteroatoms. The fourth-order valence-corrected chi connectivity index (χ4v) is 2.25. The van der Waals surface area contributed by atoms with Crippen LogP contribution in [0.25, 0.3) is 0 Å². The van der Waals surface area contributed by atoms with E-state index in [2.05, 4.69) is 15.5 Å². The summed E-state index contributed by atoms with van der Waals surface area (Å²) in [4.78, 5) is 12.4. The first kappa shape index (κ1) is 14.7. The number of piperazine rings is 1. The maximum absolute atomic E-state index is 13.2. The molecule has 0 bridgehead atoms. The van der Waals surface area contributed by atoms with Gasteiger partial charge >= 0.3 is 0 Å². The maximum atomic E-state index is 13.2. The molecular formula is C13H19FN4O2. The molecule has 1 aromatic carbocycles. The Morgan fingerprint density at radius 3 is 2.80 bits per heavy atom. The van der Waals surface area contributed by atoms with Crippen molar-refractivity contribution < 1.29 is 9.31 Å². The molecule has 20 heavy (non-hydrogen) atoms.